The minimum absolute atomic E-state index is 0.00663. The fourth-order valence-electron chi connectivity index (χ4n) is 1.78. The van der Waals surface area contributed by atoms with Crippen LogP contribution in [0.4, 0.5) is 0 Å². The van der Waals surface area contributed by atoms with Gasteiger partial charge in [0, 0.05) is 12.1 Å². The van der Waals surface area contributed by atoms with Gasteiger partial charge in [0.1, 0.15) is 11.9 Å². The highest BCUT2D eigenvalue weighted by atomic mass is 35.5. The second kappa shape index (κ2) is 6.04. The molecule has 102 valence electrons. The van der Waals surface area contributed by atoms with Gasteiger partial charge in [0.2, 0.25) is 5.82 Å². The lowest BCUT2D eigenvalue weighted by Crippen LogP contribution is -2.03. The molecule has 0 fully saturated rings. The van der Waals surface area contributed by atoms with E-state index in [2.05, 4.69) is 17.1 Å². The number of phenols is 1. The number of aromatic nitrogens is 2. The maximum absolute atomic E-state index is 9.81. The SMILES string of the molecule is CCCC(OC)c1noc(-c2ccc(Cl)cc2O)n1. The van der Waals surface area contributed by atoms with Gasteiger partial charge in [-0.3, -0.25) is 0 Å². The Morgan fingerprint density at radius 1 is 1.47 bits per heavy atom. The van der Waals surface area contributed by atoms with Crippen molar-refractivity contribution in [3.05, 3.63) is 29.0 Å². The predicted octanol–water partition coefficient (Wildman–Crippen LogP) is 3.58. The number of benzene rings is 1. The second-order valence-electron chi connectivity index (χ2n) is 4.13. The molecule has 0 bridgehead atoms. The van der Waals surface area contributed by atoms with Crippen LogP contribution >= 0.6 is 11.6 Å². The average Bonchev–Trinajstić information content (AvgIpc) is 2.85. The molecule has 2 aromatic rings. The van der Waals surface area contributed by atoms with Gasteiger partial charge >= 0.3 is 0 Å². The Labute approximate surface area is 116 Å². The number of halogens is 1. The Bertz CT molecular complexity index is 557. The normalized spacial score (nSPS) is 12.6. The molecule has 0 radical (unpaired) electrons. The summed E-state index contributed by atoms with van der Waals surface area (Å²) in [6.07, 6.45) is 1.56. The zero-order chi connectivity index (χ0) is 13.8. The maximum atomic E-state index is 9.81. The summed E-state index contributed by atoms with van der Waals surface area (Å²) < 4.78 is 10.5. The minimum Gasteiger partial charge on any atom is -0.507 e. The lowest BCUT2D eigenvalue weighted by Gasteiger charge is -2.08. The van der Waals surface area contributed by atoms with Crippen LogP contribution in [-0.2, 0) is 4.74 Å². The summed E-state index contributed by atoms with van der Waals surface area (Å²) in [5, 5.41) is 14.1. The Morgan fingerprint density at radius 3 is 2.89 bits per heavy atom. The van der Waals surface area contributed by atoms with E-state index in [1.807, 2.05) is 0 Å². The monoisotopic (exact) mass is 282 g/mol. The van der Waals surface area contributed by atoms with E-state index in [9.17, 15) is 5.11 Å². The highest BCUT2D eigenvalue weighted by Crippen LogP contribution is 2.31. The van der Waals surface area contributed by atoms with E-state index in [4.69, 9.17) is 20.9 Å². The smallest absolute Gasteiger partial charge is 0.261 e. The van der Waals surface area contributed by atoms with Gasteiger partial charge in [0.25, 0.3) is 5.89 Å². The fraction of sp³-hybridized carbons (Fsp3) is 0.385. The van der Waals surface area contributed by atoms with Crippen LogP contribution in [0.1, 0.15) is 31.7 Å². The van der Waals surface area contributed by atoms with Crippen LogP contribution in [0.5, 0.6) is 5.75 Å². The first kappa shape index (κ1) is 13.8. The van der Waals surface area contributed by atoms with Crippen molar-refractivity contribution in [2.24, 2.45) is 0 Å². The van der Waals surface area contributed by atoms with Crippen molar-refractivity contribution in [1.82, 2.24) is 10.1 Å². The minimum atomic E-state index is -0.197. The number of hydrogen-bond donors (Lipinski definition) is 1. The number of phenolic OH excluding ortho intramolecular Hbond substituents is 1. The molecular weight excluding hydrogens is 268 g/mol. The van der Waals surface area contributed by atoms with Crippen LogP contribution in [-0.4, -0.2) is 22.4 Å². The van der Waals surface area contributed by atoms with Crippen LogP contribution in [0.15, 0.2) is 22.7 Å². The first-order valence-electron chi connectivity index (χ1n) is 6.01. The van der Waals surface area contributed by atoms with Gasteiger partial charge in [0.15, 0.2) is 0 Å². The Hall–Kier alpha value is -1.59. The molecule has 19 heavy (non-hydrogen) atoms. The second-order valence-corrected chi connectivity index (χ2v) is 4.57. The Morgan fingerprint density at radius 2 is 2.26 bits per heavy atom. The van der Waals surface area contributed by atoms with E-state index in [0.717, 1.165) is 12.8 Å². The van der Waals surface area contributed by atoms with Crippen molar-refractivity contribution in [1.29, 1.82) is 0 Å². The van der Waals surface area contributed by atoms with Crippen LogP contribution in [0, 0.1) is 0 Å². The topological polar surface area (TPSA) is 68.4 Å². The summed E-state index contributed by atoms with van der Waals surface area (Å²) in [5.74, 6) is 0.739. The first-order chi connectivity index (χ1) is 9.15. The number of hydrogen-bond acceptors (Lipinski definition) is 5. The van der Waals surface area contributed by atoms with Gasteiger partial charge < -0.3 is 14.4 Å². The quantitative estimate of drug-likeness (QED) is 0.908. The molecular formula is C13H15ClN2O3. The molecule has 0 saturated carbocycles. The molecule has 1 heterocycles. The van der Waals surface area contributed by atoms with Crippen molar-refractivity contribution in [2.45, 2.75) is 25.9 Å². The molecule has 0 aliphatic heterocycles. The molecule has 1 atom stereocenters. The van der Waals surface area contributed by atoms with Gasteiger partial charge in [-0.05, 0) is 24.6 Å². The largest absolute Gasteiger partial charge is 0.507 e. The highest BCUT2D eigenvalue weighted by Gasteiger charge is 2.19. The predicted molar refractivity (Wildman–Crippen MR) is 71.1 cm³/mol. The zero-order valence-corrected chi connectivity index (χ0v) is 11.5. The van der Waals surface area contributed by atoms with E-state index in [1.54, 1.807) is 19.2 Å². The number of nitrogens with zero attached hydrogens (tertiary/aromatic N) is 2. The van der Waals surface area contributed by atoms with Crippen molar-refractivity contribution in [2.75, 3.05) is 7.11 Å². The van der Waals surface area contributed by atoms with E-state index in [-0.39, 0.29) is 17.7 Å². The van der Waals surface area contributed by atoms with Gasteiger partial charge in [0.05, 0.1) is 5.56 Å². The standard InChI is InChI=1S/C13H15ClN2O3/c1-3-4-11(18-2)12-15-13(19-16-12)9-6-5-8(14)7-10(9)17/h5-7,11,17H,3-4H2,1-2H3. The third-order valence-electron chi connectivity index (χ3n) is 2.76. The Kier molecular flexibility index (Phi) is 4.39. The summed E-state index contributed by atoms with van der Waals surface area (Å²) >= 11 is 5.78. The van der Waals surface area contributed by atoms with E-state index in [0.29, 0.717) is 16.4 Å². The van der Waals surface area contributed by atoms with Gasteiger partial charge in [-0.25, -0.2) is 0 Å². The van der Waals surface area contributed by atoms with Crippen LogP contribution in [0.2, 0.25) is 5.02 Å². The molecule has 0 saturated heterocycles. The molecule has 0 aliphatic carbocycles. The number of ether oxygens (including phenoxy) is 1. The number of rotatable bonds is 5. The van der Waals surface area contributed by atoms with Gasteiger partial charge in [-0.1, -0.05) is 30.1 Å². The number of methoxy groups -OCH3 is 1. The molecule has 6 heteroatoms. The summed E-state index contributed by atoms with van der Waals surface area (Å²) in [6.45, 7) is 2.05. The lowest BCUT2D eigenvalue weighted by atomic mass is 10.2. The summed E-state index contributed by atoms with van der Waals surface area (Å²) in [5.41, 5.74) is 0.453. The molecule has 2 rings (SSSR count). The van der Waals surface area contributed by atoms with Crippen molar-refractivity contribution >= 4 is 11.6 Å². The van der Waals surface area contributed by atoms with Crippen molar-refractivity contribution < 1.29 is 14.4 Å². The summed E-state index contributed by atoms with van der Waals surface area (Å²) in [7, 11) is 1.61. The van der Waals surface area contributed by atoms with Crippen LogP contribution in [0.25, 0.3) is 11.5 Å². The maximum Gasteiger partial charge on any atom is 0.261 e. The lowest BCUT2D eigenvalue weighted by molar-refractivity contribution is 0.0854. The average molecular weight is 283 g/mol. The third kappa shape index (κ3) is 3.05. The first-order valence-corrected chi connectivity index (χ1v) is 6.38. The van der Waals surface area contributed by atoms with E-state index in [1.165, 1.54) is 6.07 Å². The Balaban J connectivity index is 2.29. The third-order valence-corrected chi connectivity index (χ3v) is 2.99. The van der Waals surface area contributed by atoms with Gasteiger partial charge in [-0.15, -0.1) is 0 Å². The molecule has 1 unspecified atom stereocenters. The van der Waals surface area contributed by atoms with Crippen molar-refractivity contribution in [3.63, 3.8) is 0 Å². The van der Waals surface area contributed by atoms with E-state index < -0.39 is 0 Å². The number of aromatic hydroxyl groups is 1. The molecule has 1 aromatic heterocycles. The van der Waals surface area contributed by atoms with Gasteiger partial charge in [-0.2, -0.15) is 4.98 Å². The summed E-state index contributed by atoms with van der Waals surface area (Å²) in [4.78, 5) is 4.25. The highest BCUT2D eigenvalue weighted by molar-refractivity contribution is 6.30. The van der Waals surface area contributed by atoms with E-state index >= 15 is 0 Å². The zero-order valence-electron chi connectivity index (χ0n) is 10.8. The molecule has 1 N–H and O–H groups in total. The molecule has 0 amide bonds. The van der Waals surface area contributed by atoms with Crippen molar-refractivity contribution in [3.8, 4) is 17.2 Å². The molecule has 0 aliphatic rings. The van der Waals surface area contributed by atoms with Crippen LogP contribution < -0.4 is 0 Å². The molecule has 0 spiro atoms. The summed E-state index contributed by atoms with van der Waals surface area (Å²) in [6, 6.07) is 4.72. The molecule has 1 aromatic carbocycles. The fourth-order valence-corrected chi connectivity index (χ4v) is 1.94. The van der Waals surface area contributed by atoms with Crippen LogP contribution in [0.3, 0.4) is 0 Å². The molecule has 5 nitrogen and oxygen atoms in total.